The molecule has 0 spiro atoms. The molecule has 0 saturated carbocycles. The highest BCUT2D eigenvalue weighted by atomic mass is 16.5. The molecule has 0 unspecified atom stereocenters. The van der Waals surface area contributed by atoms with Crippen molar-refractivity contribution in [2.75, 3.05) is 45.2 Å². The van der Waals surface area contributed by atoms with Crippen LogP contribution in [0.5, 0.6) is 5.75 Å². The molecule has 0 bridgehead atoms. The van der Waals surface area contributed by atoms with Crippen molar-refractivity contribution < 1.29 is 9.47 Å². The van der Waals surface area contributed by atoms with Gasteiger partial charge in [0, 0.05) is 37.3 Å². The van der Waals surface area contributed by atoms with Crippen LogP contribution in [-0.2, 0) is 4.74 Å². The molecule has 1 aliphatic heterocycles. The highest BCUT2D eigenvalue weighted by molar-refractivity contribution is 5.63. The summed E-state index contributed by atoms with van der Waals surface area (Å²) in [6.07, 6.45) is 0. The maximum Gasteiger partial charge on any atom is 0.127 e. The van der Waals surface area contributed by atoms with Crippen LogP contribution < -0.4 is 10.5 Å². The first-order chi connectivity index (χ1) is 13.3. The number of rotatable bonds is 6. The van der Waals surface area contributed by atoms with Crippen molar-refractivity contribution in [1.29, 1.82) is 0 Å². The van der Waals surface area contributed by atoms with Gasteiger partial charge in [-0.2, -0.15) is 5.10 Å². The molecule has 6 nitrogen and oxygen atoms in total. The average molecular weight is 364 g/mol. The molecule has 1 fully saturated rings. The minimum absolute atomic E-state index is 0.597. The molecular weight excluding hydrogens is 340 g/mol. The van der Waals surface area contributed by atoms with Crippen LogP contribution >= 0.6 is 0 Å². The molecule has 2 N–H and O–H groups in total. The zero-order valence-corrected chi connectivity index (χ0v) is 15.3. The van der Waals surface area contributed by atoms with Gasteiger partial charge in [-0.1, -0.05) is 36.4 Å². The van der Waals surface area contributed by atoms with E-state index in [1.807, 2.05) is 60.7 Å². The Hall–Kier alpha value is -2.83. The molecule has 140 valence electrons. The summed E-state index contributed by atoms with van der Waals surface area (Å²) in [5.74, 6) is 1.41. The molecule has 1 aliphatic rings. The van der Waals surface area contributed by atoms with Crippen LogP contribution in [0, 0.1) is 0 Å². The van der Waals surface area contributed by atoms with E-state index in [2.05, 4.69) is 10.00 Å². The zero-order valence-electron chi connectivity index (χ0n) is 15.3. The number of hydrogen-bond acceptors (Lipinski definition) is 5. The minimum Gasteiger partial charge on any atom is -0.492 e. The van der Waals surface area contributed by atoms with Crippen LogP contribution in [0.4, 0.5) is 5.82 Å². The molecule has 1 saturated heterocycles. The molecule has 1 aromatic heterocycles. The Morgan fingerprint density at radius 1 is 1.00 bits per heavy atom. The number of nitrogens with two attached hydrogens (primary N) is 1. The number of ether oxygens (including phenoxy) is 2. The van der Waals surface area contributed by atoms with Crippen LogP contribution in [0.2, 0.25) is 0 Å². The monoisotopic (exact) mass is 364 g/mol. The number of nitrogens with zero attached hydrogens (tertiary/aromatic N) is 3. The van der Waals surface area contributed by atoms with E-state index in [1.165, 1.54) is 0 Å². The Morgan fingerprint density at radius 3 is 2.63 bits per heavy atom. The van der Waals surface area contributed by atoms with Crippen LogP contribution in [0.1, 0.15) is 0 Å². The first-order valence-electron chi connectivity index (χ1n) is 9.24. The summed E-state index contributed by atoms with van der Waals surface area (Å²) in [5, 5.41) is 4.66. The summed E-state index contributed by atoms with van der Waals surface area (Å²) in [6, 6.07) is 19.8. The molecule has 0 aliphatic carbocycles. The lowest BCUT2D eigenvalue weighted by Crippen LogP contribution is -2.38. The highest BCUT2D eigenvalue weighted by Crippen LogP contribution is 2.24. The smallest absolute Gasteiger partial charge is 0.127 e. The van der Waals surface area contributed by atoms with Gasteiger partial charge in [-0.15, -0.1) is 0 Å². The first-order valence-corrected chi connectivity index (χ1v) is 9.24. The molecule has 0 amide bonds. The second-order valence-corrected chi connectivity index (χ2v) is 6.53. The van der Waals surface area contributed by atoms with Gasteiger partial charge < -0.3 is 15.2 Å². The van der Waals surface area contributed by atoms with Crippen molar-refractivity contribution in [2.24, 2.45) is 0 Å². The van der Waals surface area contributed by atoms with Gasteiger partial charge in [-0.3, -0.25) is 4.90 Å². The summed E-state index contributed by atoms with van der Waals surface area (Å²) in [6.45, 7) is 5.09. The van der Waals surface area contributed by atoms with Crippen LogP contribution in [-0.4, -0.2) is 54.1 Å². The predicted octanol–water partition coefficient (Wildman–Crippen LogP) is 2.83. The fraction of sp³-hybridized carbons (Fsp3) is 0.286. The van der Waals surface area contributed by atoms with E-state index in [0.29, 0.717) is 12.4 Å². The van der Waals surface area contributed by atoms with Gasteiger partial charge in [0.2, 0.25) is 0 Å². The molecule has 4 rings (SSSR count). The Kier molecular flexibility index (Phi) is 5.37. The lowest BCUT2D eigenvalue weighted by Gasteiger charge is -2.26. The van der Waals surface area contributed by atoms with E-state index in [9.17, 15) is 0 Å². The summed E-state index contributed by atoms with van der Waals surface area (Å²) in [7, 11) is 0. The predicted molar refractivity (Wildman–Crippen MR) is 106 cm³/mol. The number of hydrogen-bond donors (Lipinski definition) is 1. The molecule has 2 heterocycles. The van der Waals surface area contributed by atoms with Crippen LogP contribution in [0.25, 0.3) is 16.9 Å². The van der Waals surface area contributed by atoms with Gasteiger partial charge in [-0.25, -0.2) is 4.68 Å². The van der Waals surface area contributed by atoms with E-state index >= 15 is 0 Å². The van der Waals surface area contributed by atoms with Gasteiger partial charge in [0.15, 0.2) is 0 Å². The minimum atomic E-state index is 0.597. The van der Waals surface area contributed by atoms with Gasteiger partial charge >= 0.3 is 0 Å². The normalized spacial score (nSPS) is 15.0. The zero-order chi connectivity index (χ0) is 18.5. The lowest BCUT2D eigenvalue weighted by atomic mass is 10.2. The molecule has 2 aromatic carbocycles. The number of benzene rings is 2. The summed E-state index contributed by atoms with van der Waals surface area (Å²) < 4.78 is 13.1. The third kappa shape index (κ3) is 4.30. The maximum atomic E-state index is 6.20. The van der Waals surface area contributed by atoms with E-state index < -0.39 is 0 Å². The molecule has 0 radical (unpaired) electrons. The lowest BCUT2D eigenvalue weighted by molar-refractivity contribution is 0.0322. The maximum absolute atomic E-state index is 6.20. The quantitative estimate of drug-likeness (QED) is 0.729. The Balaban J connectivity index is 1.45. The van der Waals surface area contributed by atoms with Crippen LogP contribution in [0.3, 0.4) is 0 Å². The second kappa shape index (κ2) is 8.24. The Bertz CT molecular complexity index is 873. The highest BCUT2D eigenvalue weighted by Gasteiger charge is 2.11. The van der Waals surface area contributed by atoms with Crippen molar-refractivity contribution in [2.45, 2.75) is 0 Å². The Labute approximate surface area is 159 Å². The molecule has 6 heteroatoms. The first kappa shape index (κ1) is 17.6. The third-order valence-corrected chi connectivity index (χ3v) is 4.65. The van der Waals surface area contributed by atoms with Crippen molar-refractivity contribution in [3.05, 3.63) is 60.7 Å². The standard InChI is InChI=1S/C21H24N4O2/c22-21-16-20(17-5-2-1-3-6-17)23-25(21)18-7-4-8-19(15-18)27-14-11-24-9-12-26-13-10-24/h1-8,15-16H,9-14,22H2. The number of nitrogen functional groups attached to an aromatic ring is 1. The Morgan fingerprint density at radius 2 is 1.81 bits per heavy atom. The molecule has 3 aromatic rings. The number of anilines is 1. The van der Waals surface area contributed by atoms with Gasteiger partial charge in [-0.05, 0) is 12.1 Å². The van der Waals surface area contributed by atoms with Crippen molar-refractivity contribution in [3.63, 3.8) is 0 Å². The average Bonchev–Trinajstić information content (AvgIpc) is 3.11. The molecular formula is C21H24N4O2. The second-order valence-electron chi connectivity index (χ2n) is 6.53. The van der Waals surface area contributed by atoms with Crippen molar-refractivity contribution in [3.8, 4) is 22.7 Å². The van der Waals surface area contributed by atoms with Crippen LogP contribution in [0.15, 0.2) is 60.7 Å². The molecule has 27 heavy (non-hydrogen) atoms. The van der Waals surface area contributed by atoms with Gasteiger partial charge in [0.1, 0.15) is 18.2 Å². The van der Waals surface area contributed by atoms with E-state index in [0.717, 1.165) is 55.5 Å². The summed E-state index contributed by atoms with van der Waals surface area (Å²) in [5.41, 5.74) is 8.98. The fourth-order valence-corrected chi connectivity index (χ4v) is 3.17. The van der Waals surface area contributed by atoms with Crippen molar-refractivity contribution in [1.82, 2.24) is 14.7 Å². The van der Waals surface area contributed by atoms with E-state index in [1.54, 1.807) is 4.68 Å². The summed E-state index contributed by atoms with van der Waals surface area (Å²) in [4.78, 5) is 2.35. The van der Waals surface area contributed by atoms with Gasteiger partial charge in [0.05, 0.1) is 24.6 Å². The fourth-order valence-electron chi connectivity index (χ4n) is 3.17. The topological polar surface area (TPSA) is 65.5 Å². The number of aromatic nitrogens is 2. The van der Waals surface area contributed by atoms with Gasteiger partial charge in [0.25, 0.3) is 0 Å². The molecule has 0 atom stereocenters. The number of morpholine rings is 1. The largest absolute Gasteiger partial charge is 0.492 e. The summed E-state index contributed by atoms with van der Waals surface area (Å²) >= 11 is 0. The van der Waals surface area contributed by atoms with E-state index in [-0.39, 0.29) is 0 Å². The van der Waals surface area contributed by atoms with Crippen molar-refractivity contribution >= 4 is 5.82 Å². The third-order valence-electron chi connectivity index (χ3n) is 4.65. The van der Waals surface area contributed by atoms with E-state index in [4.69, 9.17) is 15.2 Å². The SMILES string of the molecule is Nc1cc(-c2ccccc2)nn1-c1cccc(OCCN2CCOCC2)c1.